The number of amides is 1. The van der Waals surface area contributed by atoms with Gasteiger partial charge in [-0.15, -0.1) is 0 Å². The van der Waals surface area contributed by atoms with Crippen LogP contribution in [0.1, 0.15) is 24.8 Å². The fourth-order valence-corrected chi connectivity index (χ4v) is 4.99. The van der Waals surface area contributed by atoms with E-state index in [1.54, 1.807) is 7.11 Å². The number of carbonyl (C=O) groups is 1. The van der Waals surface area contributed by atoms with Crippen molar-refractivity contribution in [3.05, 3.63) is 59.1 Å². The fourth-order valence-electron chi connectivity index (χ4n) is 4.81. The fraction of sp³-hybridized carbons (Fsp3) is 0.480. The zero-order valence-corrected chi connectivity index (χ0v) is 19.1. The van der Waals surface area contributed by atoms with Gasteiger partial charge in [0, 0.05) is 62.4 Å². The van der Waals surface area contributed by atoms with Crippen molar-refractivity contribution in [3.63, 3.8) is 0 Å². The monoisotopic (exact) mass is 441 g/mol. The first-order valence-corrected chi connectivity index (χ1v) is 11.7. The lowest BCUT2D eigenvalue weighted by Gasteiger charge is -2.44. The second kappa shape index (κ2) is 10.4. The molecule has 6 heteroatoms. The Morgan fingerprint density at radius 3 is 2.65 bits per heavy atom. The third-order valence-electron chi connectivity index (χ3n) is 6.55. The van der Waals surface area contributed by atoms with E-state index in [0.717, 1.165) is 68.4 Å². The molecule has 0 N–H and O–H groups in total. The molecule has 2 aromatic carbocycles. The molecule has 2 saturated heterocycles. The standard InChI is InChI=1S/C25H32ClN3O2/c1-31-24-10-3-2-6-20(24)11-12-25(30)29-13-5-9-23(19-29)28-16-14-27(15-17-28)22-8-4-7-21(26)18-22/h2-4,6-8,10,18,23H,5,9,11-17,19H2,1H3. The number of likely N-dealkylation sites (tertiary alicyclic amines) is 1. The van der Waals surface area contributed by atoms with Crippen LogP contribution in [-0.4, -0.2) is 68.1 Å². The molecule has 1 atom stereocenters. The molecular formula is C25H32ClN3O2. The van der Waals surface area contributed by atoms with Gasteiger partial charge in [0.25, 0.3) is 0 Å². The smallest absolute Gasteiger partial charge is 0.222 e. The summed E-state index contributed by atoms with van der Waals surface area (Å²) >= 11 is 6.16. The van der Waals surface area contributed by atoms with Crippen molar-refractivity contribution in [2.75, 3.05) is 51.3 Å². The van der Waals surface area contributed by atoms with Crippen LogP contribution < -0.4 is 9.64 Å². The Kier molecular flexibility index (Phi) is 7.36. The number of halogens is 1. The molecule has 2 heterocycles. The number of rotatable bonds is 6. The number of ether oxygens (including phenoxy) is 1. The molecule has 2 aliphatic rings. The van der Waals surface area contributed by atoms with Crippen LogP contribution in [-0.2, 0) is 11.2 Å². The van der Waals surface area contributed by atoms with Crippen molar-refractivity contribution >= 4 is 23.2 Å². The van der Waals surface area contributed by atoms with Crippen LogP contribution in [0.15, 0.2) is 48.5 Å². The molecule has 2 aliphatic heterocycles. The number of methoxy groups -OCH3 is 1. The number of piperidine rings is 1. The van der Waals surface area contributed by atoms with E-state index in [1.807, 2.05) is 42.5 Å². The van der Waals surface area contributed by atoms with Crippen molar-refractivity contribution < 1.29 is 9.53 Å². The topological polar surface area (TPSA) is 36.0 Å². The van der Waals surface area contributed by atoms with E-state index in [9.17, 15) is 4.79 Å². The summed E-state index contributed by atoms with van der Waals surface area (Å²) in [7, 11) is 1.68. The van der Waals surface area contributed by atoms with Gasteiger partial charge in [0.1, 0.15) is 5.75 Å². The molecule has 166 valence electrons. The Bertz CT molecular complexity index is 883. The maximum absolute atomic E-state index is 12.9. The second-order valence-electron chi connectivity index (χ2n) is 8.45. The van der Waals surface area contributed by atoms with E-state index in [-0.39, 0.29) is 5.91 Å². The van der Waals surface area contributed by atoms with Gasteiger partial charge < -0.3 is 14.5 Å². The highest BCUT2D eigenvalue weighted by molar-refractivity contribution is 6.30. The number of anilines is 1. The van der Waals surface area contributed by atoms with E-state index in [2.05, 4.69) is 20.8 Å². The zero-order chi connectivity index (χ0) is 21.6. The molecule has 0 radical (unpaired) electrons. The number of hydrogen-bond donors (Lipinski definition) is 0. The van der Waals surface area contributed by atoms with Gasteiger partial charge in [-0.1, -0.05) is 35.9 Å². The largest absolute Gasteiger partial charge is 0.496 e. The van der Waals surface area contributed by atoms with Gasteiger partial charge in [-0.05, 0) is 49.1 Å². The van der Waals surface area contributed by atoms with Gasteiger partial charge >= 0.3 is 0 Å². The third-order valence-corrected chi connectivity index (χ3v) is 6.79. The molecule has 0 aromatic heterocycles. The maximum atomic E-state index is 12.9. The molecule has 2 aromatic rings. The first-order chi connectivity index (χ1) is 15.1. The van der Waals surface area contributed by atoms with Crippen molar-refractivity contribution in [3.8, 4) is 5.75 Å². The summed E-state index contributed by atoms with van der Waals surface area (Å²) in [6, 6.07) is 16.5. The van der Waals surface area contributed by atoms with E-state index in [1.165, 1.54) is 12.1 Å². The summed E-state index contributed by atoms with van der Waals surface area (Å²) in [5, 5.41) is 0.787. The molecular weight excluding hydrogens is 410 g/mol. The predicted molar refractivity (Wildman–Crippen MR) is 126 cm³/mol. The summed E-state index contributed by atoms with van der Waals surface area (Å²) in [6.07, 6.45) is 3.52. The summed E-state index contributed by atoms with van der Waals surface area (Å²) < 4.78 is 5.42. The lowest BCUT2D eigenvalue weighted by atomic mass is 10.0. The number of para-hydroxylation sites is 1. The van der Waals surface area contributed by atoms with Gasteiger partial charge in [-0.3, -0.25) is 9.69 Å². The molecule has 2 fully saturated rings. The Balaban J connectivity index is 1.28. The average molecular weight is 442 g/mol. The van der Waals surface area contributed by atoms with Crippen LogP contribution in [0.25, 0.3) is 0 Å². The van der Waals surface area contributed by atoms with Crippen LogP contribution in [0.3, 0.4) is 0 Å². The molecule has 31 heavy (non-hydrogen) atoms. The third kappa shape index (κ3) is 5.52. The summed E-state index contributed by atoms with van der Waals surface area (Å²) in [4.78, 5) is 20.0. The SMILES string of the molecule is COc1ccccc1CCC(=O)N1CCCC(N2CCN(c3cccc(Cl)c3)CC2)C1. The zero-order valence-electron chi connectivity index (χ0n) is 18.3. The number of piperazine rings is 1. The number of carbonyl (C=O) groups excluding carboxylic acids is 1. The quantitative estimate of drug-likeness (QED) is 0.676. The van der Waals surface area contributed by atoms with Crippen LogP contribution in [0.5, 0.6) is 5.75 Å². The Morgan fingerprint density at radius 1 is 1.06 bits per heavy atom. The Labute approximate surface area is 190 Å². The van der Waals surface area contributed by atoms with Crippen LogP contribution >= 0.6 is 11.6 Å². The summed E-state index contributed by atoms with van der Waals surface area (Å²) in [5.74, 6) is 1.12. The summed E-state index contributed by atoms with van der Waals surface area (Å²) in [6.45, 7) is 5.78. The molecule has 0 saturated carbocycles. The van der Waals surface area contributed by atoms with Crippen molar-refractivity contribution in [1.29, 1.82) is 0 Å². The van der Waals surface area contributed by atoms with Crippen LogP contribution in [0.4, 0.5) is 5.69 Å². The molecule has 1 unspecified atom stereocenters. The van der Waals surface area contributed by atoms with Gasteiger partial charge in [0.2, 0.25) is 5.91 Å². The minimum atomic E-state index is 0.258. The molecule has 1 amide bonds. The van der Waals surface area contributed by atoms with E-state index < -0.39 is 0 Å². The lowest BCUT2D eigenvalue weighted by molar-refractivity contribution is -0.133. The van der Waals surface area contributed by atoms with Crippen LogP contribution in [0, 0.1) is 0 Å². The maximum Gasteiger partial charge on any atom is 0.222 e. The molecule has 0 bridgehead atoms. The average Bonchev–Trinajstić information content (AvgIpc) is 2.83. The first kappa shape index (κ1) is 22.0. The molecule has 0 spiro atoms. The van der Waals surface area contributed by atoms with Gasteiger partial charge in [0.05, 0.1) is 7.11 Å². The highest BCUT2D eigenvalue weighted by Crippen LogP contribution is 2.24. The highest BCUT2D eigenvalue weighted by atomic mass is 35.5. The predicted octanol–water partition coefficient (Wildman–Crippen LogP) is 4.09. The normalized spacial score (nSPS) is 20.0. The number of hydrogen-bond acceptors (Lipinski definition) is 4. The number of benzene rings is 2. The minimum Gasteiger partial charge on any atom is -0.496 e. The highest BCUT2D eigenvalue weighted by Gasteiger charge is 2.30. The van der Waals surface area contributed by atoms with Gasteiger partial charge in [-0.25, -0.2) is 0 Å². The van der Waals surface area contributed by atoms with Crippen molar-refractivity contribution in [2.24, 2.45) is 0 Å². The number of nitrogens with zero attached hydrogens (tertiary/aromatic N) is 3. The van der Waals surface area contributed by atoms with E-state index >= 15 is 0 Å². The van der Waals surface area contributed by atoms with Crippen molar-refractivity contribution in [1.82, 2.24) is 9.80 Å². The lowest BCUT2D eigenvalue weighted by Crippen LogP contribution is -2.55. The molecule has 5 nitrogen and oxygen atoms in total. The van der Waals surface area contributed by atoms with E-state index in [4.69, 9.17) is 16.3 Å². The van der Waals surface area contributed by atoms with Crippen LogP contribution in [0.2, 0.25) is 5.02 Å². The van der Waals surface area contributed by atoms with E-state index in [0.29, 0.717) is 12.5 Å². The van der Waals surface area contributed by atoms with Crippen molar-refractivity contribution in [2.45, 2.75) is 31.7 Å². The summed E-state index contributed by atoms with van der Waals surface area (Å²) in [5.41, 5.74) is 2.30. The van der Waals surface area contributed by atoms with Gasteiger partial charge in [-0.2, -0.15) is 0 Å². The first-order valence-electron chi connectivity index (χ1n) is 11.3. The molecule has 0 aliphatic carbocycles. The second-order valence-corrected chi connectivity index (χ2v) is 8.89. The Hall–Kier alpha value is -2.24. The minimum absolute atomic E-state index is 0.258. The molecule has 4 rings (SSSR count). The number of aryl methyl sites for hydroxylation is 1. The Morgan fingerprint density at radius 2 is 1.87 bits per heavy atom. The van der Waals surface area contributed by atoms with Gasteiger partial charge in [0.15, 0.2) is 0 Å².